The van der Waals surface area contributed by atoms with Crippen molar-refractivity contribution >= 4 is 38.7 Å². The van der Waals surface area contributed by atoms with Crippen LogP contribution in [0.1, 0.15) is 0 Å². The number of nitrogens with zero attached hydrogens (tertiary/aromatic N) is 4. The molecule has 0 amide bonds. The molecule has 7 heteroatoms. The summed E-state index contributed by atoms with van der Waals surface area (Å²) in [5, 5.41) is 18.5. The zero-order valence-electron chi connectivity index (χ0n) is 13.5. The van der Waals surface area contributed by atoms with Gasteiger partial charge in [0.2, 0.25) is 5.88 Å². The topological polar surface area (TPSA) is 75.3 Å². The molecule has 0 aliphatic heterocycles. The van der Waals surface area contributed by atoms with Gasteiger partial charge in [0.05, 0.1) is 11.1 Å². The van der Waals surface area contributed by atoms with E-state index in [9.17, 15) is 5.11 Å². The second-order valence-corrected chi connectivity index (χ2v) is 6.87. The lowest BCUT2D eigenvalue weighted by molar-refractivity contribution is 0.454. The van der Waals surface area contributed by atoms with Gasteiger partial charge >= 0.3 is 0 Å². The van der Waals surface area contributed by atoms with Gasteiger partial charge < -0.3 is 10.4 Å². The van der Waals surface area contributed by atoms with Crippen molar-refractivity contribution in [3.8, 4) is 16.5 Å². The van der Waals surface area contributed by atoms with Gasteiger partial charge in [-0.3, -0.25) is 0 Å². The van der Waals surface area contributed by atoms with Crippen LogP contribution in [0.25, 0.3) is 26.3 Å². The standard InChI is InChI=1S/C19H13N5OS/c25-19-7-3-6-16(22-19)21-17-8-9-18-20-11-13(24(18)23-17)15-10-12-4-1-2-5-14(12)26-15/h1-11H,(H2,21,22,23,25). The number of pyridine rings is 1. The van der Waals surface area contributed by atoms with Crippen LogP contribution in [-0.2, 0) is 0 Å². The molecule has 0 spiro atoms. The van der Waals surface area contributed by atoms with Crippen molar-refractivity contribution in [2.75, 3.05) is 5.32 Å². The summed E-state index contributed by atoms with van der Waals surface area (Å²) < 4.78 is 3.05. The first kappa shape index (κ1) is 14.9. The number of anilines is 2. The van der Waals surface area contributed by atoms with E-state index in [1.807, 2.05) is 35.0 Å². The fourth-order valence-corrected chi connectivity index (χ4v) is 3.90. The second-order valence-electron chi connectivity index (χ2n) is 5.79. The van der Waals surface area contributed by atoms with E-state index in [4.69, 9.17) is 0 Å². The Labute approximate surface area is 152 Å². The van der Waals surface area contributed by atoms with E-state index in [0.29, 0.717) is 11.6 Å². The van der Waals surface area contributed by atoms with Crippen molar-refractivity contribution in [2.45, 2.75) is 0 Å². The van der Waals surface area contributed by atoms with E-state index in [1.165, 1.54) is 16.2 Å². The summed E-state index contributed by atoms with van der Waals surface area (Å²) in [5.74, 6) is 1.11. The lowest BCUT2D eigenvalue weighted by atomic mass is 10.2. The highest BCUT2D eigenvalue weighted by molar-refractivity contribution is 7.22. The lowest BCUT2D eigenvalue weighted by Gasteiger charge is -2.06. The molecule has 6 nitrogen and oxygen atoms in total. The maximum absolute atomic E-state index is 9.51. The summed E-state index contributed by atoms with van der Waals surface area (Å²) in [6.07, 6.45) is 1.84. The molecule has 1 aromatic carbocycles. The number of fused-ring (bicyclic) bond motifs is 2. The first-order chi connectivity index (χ1) is 12.8. The molecular formula is C19H13N5OS. The van der Waals surface area contributed by atoms with E-state index in [-0.39, 0.29) is 5.88 Å². The molecule has 0 saturated carbocycles. The molecule has 26 heavy (non-hydrogen) atoms. The minimum Gasteiger partial charge on any atom is -0.493 e. The van der Waals surface area contributed by atoms with Crippen LogP contribution in [0, 0.1) is 0 Å². The SMILES string of the molecule is Oc1cccc(Nc2ccc3ncc(-c4cc5ccccc5s4)n3n2)n1. The Kier molecular flexibility index (Phi) is 3.32. The van der Waals surface area contributed by atoms with Crippen LogP contribution < -0.4 is 5.32 Å². The first-order valence-corrected chi connectivity index (χ1v) is 8.85. The van der Waals surface area contributed by atoms with Crippen molar-refractivity contribution < 1.29 is 5.11 Å². The number of benzene rings is 1. The van der Waals surface area contributed by atoms with Crippen LogP contribution in [0.5, 0.6) is 5.88 Å². The Bertz CT molecular complexity index is 1210. The molecule has 0 radical (unpaired) electrons. The van der Waals surface area contributed by atoms with Crippen molar-refractivity contribution in [3.05, 3.63) is 66.9 Å². The normalized spacial score (nSPS) is 11.2. The predicted molar refractivity (Wildman–Crippen MR) is 103 cm³/mol. The minimum atomic E-state index is -0.0373. The highest BCUT2D eigenvalue weighted by Crippen LogP contribution is 2.33. The summed E-state index contributed by atoms with van der Waals surface area (Å²) in [6, 6.07) is 19.2. The Morgan fingerprint density at radius 3 is 2.77 bits per heavy atom. The molecule has 0 aliphatic rings. The van der Waals surface area contributed by atoms with E-state index in [0.717, 1.165) is 16.2 Å². The number of imidazole rings is 1. The smallest absolute Gasteiger partial charge is 0.212 e. The summed E-state index contributed by atoms with van der Waals surface area (Å²) in [7, 11) is 0. The molecule has 5 rings (SSSR count). The lowest BCUT2D eigenvalue weighted by Crippen LogP contribution is -2.00. The number of rotatable bonds is 3. The molecular weight excluding hydrogens is 346 g/mol. The summed E-state index contributed by atoms with van der Waals surface area (Å²) in [5.41, 5.74) is 1.71. The Balaban J connectivity index is 1.58. The molecule has 0 saturated heterocycles. The molecule has 0 bridgehead atoms. The molecule has 0 unspecified atom stereocenters. The van der Waals surface area contributed by atoms with Crippen molar-refractivity contribution in [2.24, 2.45) is 0 Å². The van der Waals surface area contributed by atoms with Crippen LogP contribution >= 0.6 is 11.3 Å². The fourth-order valence-electron chi connectivity index (χ4n) is 2.84. The molecule has 5 aromatic rings. The van der Waals surface area contributed by atoms with Gasteiger partial charge in [0.25, 0.3) is 0 Å². The van der Waals surface area contributed by atoms with Gasteiger partial charge in [-0.25, -0.2) is 9.50 Å². The van der Waals surface area contributed by atoms with Gasteiger partial charge in [0.15, 0.2) is 11.5 Å². The van der Waals surface area contributed by atoms with Crippen LogP contribution in [0.15, 0.2) is 66.9 Å². The Morgan fingerprint density at radius 1 is 0.962 bits per heavy atom. The number of nitrogens with one attached hydrogen (secondary N) is 1. The van der Waals surface area contributed by atoms with Crippen molar-refractivity contribution in [3.63, 3.8) is 0 Å². The quantitative estimate of drug-likeness (QED) is 0.498. The van der Waals surface area contributed by atoms with Gasteiger partial charge in [-0.15, -0.1) is 16.4 Å². The maximum Gasteiger partial charge on any atom is 0.212 e. The second kappa shape index (κ2) is 5.82. The molecule has 4 heterocycles. The Morgan fingerprint density at radius 2 is 1.88 bits per heavy atom. The third kappa shape index (κ3) is 2.55. The molecule has 0 fully saturated rings. The van der Waals surface area contributed by atoms with E-state index >= 15 is 0 Å². The molecule has 0 atom stereocenters. The van der Waals surface area contributed by atoms with Gasteiger partial charge in [0.1, 0.15) is 11.5 Å². The minimum absolute atomic E-state index is 0.0373. The predicted octanol–water partition coefficient (Wildman–Crippen LogP) is 4.46. The molecule has 126 valence electrons. The largest absolute Gasteiger partial charge is 0.493 e. The van der Waals surface area contributed by atoms with E-state index < -0.39 is 0 Å². The first-order valence-electron chi connectivity index (χ1n) is 8.03. The maximum atomic E-state index is 9.51. The average Bonchev–Trinajstić information content (AvgIpc) is 3.25. The summed E-state index contributed by atoms with van der Waals surface area (Å²) in [4.78, 5) is 9.59. The van der Waals surface area contributed by atoms with Gasteiger partial charge in [-0.2, -0.15) is 4.98 Å². The number of thiophene rings is 1. The third-order valence-electron chi connectivity index (χ3n) is 4.03. The molecule has 4 aromatic heterocycles. The van der Waals surface area contributed by atoms with Crippen LogP contribution in [0.4, 0.5) is 11.6 Å². The van der Waals surface area contributed by atoms with Crippen molar-refractivity contribution in [1.82, 2.24) is 19.6 Å². The summed E-state index contributed by atoms with van der Waals surface area (Å²) in [6.45, 7) is 0. The Hall–Kier alpha value is -3.45. The zero-order valence-corrected chi connectivity index (χ0v) is 14.3. The number of aromatic nitrogens is 4. The zero-order chi connectivity index (χ0) is 17.5. The van der Waals surface area contributed by atoms with Crippen molar-refractivity contribution in [1.29, 1.82) is 0 Å². The molecule has 2 N–H and O–H groups in total. The third-order valence-corrected chi connectivity index (χ3v) is 5.17. The fraction of sp³-hybridized carbons (Fsp3) is 0. The van der Waals surface area contributed by atoms with Crippen LogP contribution in [0.3, 0.4) is 0 Å². The van der Waals surface area contributed by atoms with Gasteiger partial charge in [0, 0.05) is 10.8 Å². The van der Waals surface area contributed by atoms with E-state index in [1.54, 1.807) is 23.5 Å². The van der Waals surface area contributed by atoms with Crippen LogP contribution in [0.2, 0.25) is 0 Å². The molecule has 0 aliphatic carbocycles. The number of hydrogen-bond acceptors (Lipinski definition) is 6. The highest BCUT2D eigenvalue weighted by atomic mass is 32.1. The van der Waals surface area contributed by atoms with E-state index in [2.05, 4.69) is 38.6 Å². The van der Waals surface area contributed by atoms with Gasteiger partial charge in [-0.05, 0) is 35.7 Å². The van der Waals surface area contributed by atoms with Crippen LogP contribution in [-0.4, -0.2) is 24.7 Å². The monoisotopic (exact) mass is 359 g/mol. The highest BCUT2D eigenvalue weighted by Gasteiger charge is 2.11. The summed E-state index contributed by atoms with van der Waals surface area (Å²) >= 11 is 1.71. The number of aromatic hydroxyl groups is 1. The van der Waals surface area contributed by atoms with Gasteiger partial charge in [-0.1, -0.05) is 24.3 Å². The average molecular weight is 359 g/mol. The number of hydrogen-bond donors (Lipinski definition) is 2.